The summed E-state index contributed by atoms with van der Waals surface area (Å²) in [7, 11) is 1.56. The van der Waals surface area contributed by atoms with Crippen molar-refractivity contribution in [3.05, 3.63) is 53.6 Å². The van der Waals surface area contributed by atoms with Gasteiger partial charge in [-0.05, 0) is 38.1 Å². The summed E-state index contributed by atoms with van der Waals surface area (Å²) in [6, 6.07) is 6.03. The zero-order valence-electron chi connectivity index (χ0n) is 18.5. The minimum Gasteiger partial charge on any atom is -0.496 e. The topological polar surface area (TPSA) is 85.1 Å². The second kappa shape index (κ2) is 7.49. The largest absolute Gasteiger partial charge is 0.496 e. The summed E-state index contributed by atoms with van der Waals surface area (Å²) in [6.07, 6.45) is 3.51. The summed E-state index contributed by atoms with van der Waals surface area (Å²) in [4.78, 5) is 15.3. The van der Waals surface area contributed by atoms with Crippen molar-refractivity contribution in [2.75, 3.05) is 12.4 Å². The van der Waals surface area contributed by atoms with E-state index in [1.807, 2.05) is 26.1 Å². The van der Waals surface area contributed by atoms with Crippen LogP contribution in [0.1, 0.15) is 51.8 Å². The monoisotopic (exact) mass is 426 g/mol. The summed E-state index contributed by atoms with van der Waals surface area (Å²) < 4.78 is 20.8. The number of ether oxygens (including phenoxy) is 1. The van der Waals surface area contributed by atoms with Crippen molar-refractivity contribution in [3.63, 3.8) is 0 Å². The molecule has 2 N–H and O–H groups in total. The molecule has 164 valence electrons. The van der Waals surface area contributed by atoms with Crippen LogP contribution >= 0.6 is 0 Å². The molecule has 0 spiro atoms. The lowest BCUT2D eigenvalue weighted by molar-refractivity contribution is -0.108. The summed E-state index contributed by atoms with van der Waals surface area (Å²) in [5, 5.41) is 7.68. The van der Waals surface area contributed by atoms with Gasteiger partial charge in [-0.1, -0.05) is 20.8 Å². The zero-order chi connectivity index (χ0) is 22.4. The zero-order valence-corrected chi connectivity index (χ0v) is 18.5. The van der Waals surface area contributed by atoms with Crippen LogP contribution in [0.3, 0.4) is 0 Å². The number of hydroxylamine groups is 1. The molecule has 31 heavy (non-hydrogen) atoms. The number of methoxy groups -OCH3 is 1. The van der Waals surface area contributed by atoms with E-state index in [9.17, 15) is 4.39 Å². The molecule has 0 saturated carbocycles. The SMILES string of the molecule is COc1ccc(F)cc1[C@@H](C)Nc1ccn2ncc(C3=NC(C)(C(C)(C)C)ON3)c2n1. The Morgan fingerprint density at radius 2 is 2.06 bits per heavy atom. The van der Waals surface area contributed by atoms with Gasteiger partial charge in [-0.25, -0.2) is 29.2 Å². The van der Waals surface area contributed by atoms with Gasteiger partial charge in [0.1, 0.15) is 17.4 Å². The van der Waals surface area contributed by atoms with Crippen LogP contribution in [0.5, 0.6) is 5.75 Å². The Labute approximate surface area is 180 Å². The Balaban J connectivity index is 1.66. The first-order valence-electron chi connectivity index (χ1n) is 10.1. The van der Waals surface area contributed by atoms with Crippen LogP contribution in [0.25, 0.3) is 5.65 Å². The molecular weight excluding hydrogens is 399 g/mol. The lowest BCUT2D eigenvalue weighted by Gasteiger charge is -2.33. The molecule has 0 saturated heterocycles. The molecule has 0 amide bonds. The van der Waals surface area contributed by atoms with Gasteiger partial charge in [0.05, 0.1) is 24.9 Å². The number of hydrogen-bond donors (Lipinski definition) is 2. The van der Waals surface area contributed by atoms with Crippen LogP contribution in [0.2, 0.25) is 0 Å². The molecule has 2 aromatic heterocycles. The van der Waals surface area contributed by atoms with Crippen molar-refractivity contribution in [2.24, 2.45) is 10.4 Å². The minimum absolute atomic E-state index is 0.204. The van der Waals surface area contributed by atoms with E-state index in [0.717, 1.165) is 5.56 Å². The highest BCUT2D eigenvalue weighted by molar-refractivity contribution is 6.04. The fourth-order valence-corrected chi connectivity index (χ4v) is 3.30. The fourth-order valence-electron chi connectivity index (χ4n) is 3.30. The third-order valence-corrected chi connectivity index (χ3v) is 5.71. The molecular formula is C22H27FN6O2. The number of fused-ring (bicyclic) bond motifs is 1. The Bertz CT molecular complexity index is 1150. The molecule has 0 fully saturated rings. The van der Waals surface area contributed by atoms with E-state index in [-0.39, 0.29) is 17.3 Å². The first-order valence-corrected chi connectivity index (χ1v) is 10.1. The van der Waals surface area contributed by atoms with E-state index in [1.165, 1.54) is 12.1 Å². The molecule has 9 heteroatoms. The Morgan fingerprint density at radius 3 is 2.74 bits per heavy atom. The lowest BCUT2D eigenvalue weighted by Crippen LogP contribution is -2.39. The number of hydrogen-bond acceptors (Lipinski definition) is 7. The molecule has 4 rings (SSSR count). The van der Waals surface area contributed by atoms with E-state index in [2.05, 4.69) is 36.7 Å². The molecule has 8 nitrogen and oxygen atoms in total. The van der Waals surface area contributed by atoms with Crippen molar-refractivity contribution in [2.45, 2.75) is 46.4 Å². The van der Waals surface area contributed by atoms with Crippen molar-refractivity contribution in [1.82, 2.24) is 20.1 Å². The van der Waals surface area contributed by atoms with Gasteiger partial charge in [0.2, 0.25) is 0 Å². The van der Waals surface area contributed by atoms with Gasteiger partial charge >= 0.3 is 0 Å². The number of halogens is 1. The minimum atomic E-state index is -0.713. The standard InChI is InChI=1S/C22H27FN6O2/c1-13(15-11-14(23)7-8-17(15)30-6)25-18-9-10-29-20(26-18)16(12-24-29)19-27-22(5,31-28-19)21(2,3)4/h7-13H,1-6H3,(H,25,26)(H,27,28)/t13-,22?/m1/s1. The van der Waals surface area contributed by atoms with Gasteiger partial charge in [-0.3, -0.25) is 0 Å². The molecule has 0 radical (unpaired) electrons. The van der Waals surface area contributed by atoms with E-state index >= 15 is 0 Å². The molecule has 3 heterocycles. The number of nitrogens with one attached hydrogen (secondary N) is 2. The number of nitrogens with zero attached hydrogens (tertiary/aromatic N) is 4. The summed E-state index contributed by atoms with van der Waals surface area (Å²) in [6.45, 7) is 10.1. The number of aliphatic imine (C=N–C) groups is 1. The predicted octanol–water partition coefficient (Wildman–Crippen LogP) is 4.09. The molecule has 1 aromatic carbocycles. The summed E-state index contributed by atoms with van der Waals surface area (Å²) in [5.41, 5.74) is 4.07. The second-order valence-corrected chi connectivity index (χ2v) is 8.79. The first kappa shape index (κ1) is 21.0. The predicted molar refractivity (Wildman–Crippen MR) is 117 cm³/mol. The number of anilines is 1. The Hall–Kier alpha value is -3.20. The number of rotatable bonds is 5. The smallest absolute Gasteiger partial charge is 0.189 e. The van der Waals surface area contributed by atoms with Gasteiger partial charge in [-0.15, -0.1) is 0 Å². The average molecular weight is 426 g/mol. The van der Waals surface area contributed by atoms with E-state index in [4.69, 9.17) is 19.6 Å². The number of benzene rings is 1. The van der Waals surface area contributed by atoms with Gasteiger partial charge in [0.25, 0.3) is 0 Å². The van der Waals surface area contributed by atoms with Crippen LogP contribution in [0.4, 0.5) is 10.2 Å². The Kier molecular flexibility index (Phi) is 5.09. The van der Waals surface area contributed by atoms with Crippen molar-refractivity contribution >= 4 is 17.3 Å². The van der Waals surface area contributed by atoms with Gasteiger partial charge < -0.3 is 10.1 Å². The lowest BCUT2D eigenvalue weighted by atomic mass is 9.85. The number of amidine groups is 1. The van der Waals surface area contributed by atoms with Crippen LogP contribution in [-0.2, 0) is 4.84 Å². The molecule has 0 aliphatic carbocycles. The quantitative estimate of drug-likeness (QED) is 0.639. The van der Waals surface area contributed by atoms with Crippen LogP contribution in [0.15, 0.2) is 41.7 Å². The molecule has 1 aliphatic rings. The highest BCUT2D eigenvalue weighted by atomic mass is 19.1. The van der Waals surface area contributed by atoms with Crippen molar-refractivity contribution < 1.29 is 14.0 Å². The molecule has 0 bridgehead atoms. The van der Waals surface area contributed by atoms with Crippen LogP contribution in [-0.4, -0.2) is 33.3 Å². The maximum Gasteiger partial charge on any atom is 0.189 e. The second-order valence-electron chi connectivity index (χ2n) is 8.79. The first-order chi connectivity index (χ1) is 14.6. The summed E-state index contributed by atoms with van der Waals surface area (Å²) >= 11 is 0. The third-order valence-electron chi connectivity index (χ3n) is 5.71. The molecule has 2 atom stereocenters. The normalized spacial score (nSPS) is 19.8. The highest BCUT2D eigenvalue weighted by Gasteiger charge is 2.43. The van der Waals surface area contributed by atoms with E-state index < -0.39 is 5.72 Å². The maximum atomic E-state index is 13.8. The fraction of sp³-hybridized carbons (Fsp3) is 0.409. The van der Waals surface area contributed by atoms with Crippen molar-refractivity contribution in [3.8, 4) is 5.75 Å². The highest BCUT2D eigenvalue weighted by Crippen LogP contribution is 2.37. The maximum absolute atomic E-state index is 13.8. The van der Waals surface area contributed by atoms with Gasteiger partial charge in [-0.2, -0.15) is 5.10 Å². The molecule has 1 unspecified atom stereocenters. The van der Waals surface area contributed by atoms with Gasteiger partial charge in [0, 0.05) is 17.2 Å². The van der Waals surface area contributed by atoms with Crippen LogP contribution < -0.4 is 15.5 Å². The average Bonchev–Trinajstić information content (AvgIpc) is 3.31. The van der Waals surface area contributed by atoms with Gasteiger partial charge in [0.15, 0.2) is 17.2 Å². The summed E-state index contributed by atoms with van der Waals surface area (Å²) in [5.74, 6) is 1.48. The van der Waals surface area contributed by atoms with Crippen LogP contribution in [0, 0.1) is 11.2 Å². The number of aromatic nitrogens is 3. The Morgan fingerprint density at radius 1 is 1.29 bits per heavy atom. The van der Waals surface area contributed by atoms with Crippen molar-refractivity contribution in [1.29, 1.82) is 0 Å². The van der Waals surface area contributed by atoms with E-state index in [0.29, 0.717) is 28.6 Å². The third kappa shape index (κ3) is 3.81. The molecule has 1 aliphatic heterocycles. The van der Waals surface area contributed by atoms with E-state index in [1.54, 1.807) is 23.9 Å². The molecule has 3 aromatic rings.